The first kappa shape index (κ1) is 13.9. The molecular weight excluding hydrogens is 224 g/mol. The number of nitrogens with one attached hydrogen (secondary N) is 2. The molecule has 3 atom stereocenters. The second-order valence-electron chi connectivity index (χ2n) is 6.35. The molecule has 2 N–H and O–H groups in total. The number of piperidine rings is 1. The number of carbonyl (C=O) groups is 1. The molecule has 2 unspecified atom stereocenters. The van der Waals surface area contributed by atoms with E-state index in [1.165, 1.54) is 25.7 Å². The van der Waals surface area contributed by atoms with Crippen molar-refractivity contribution in [3.8, 4) is 0 Å². The Morgan fingerprint density at radius 3 is 2.61 bits per heavy atom. The molecule has 0 radical (unpaired) electrons. The molecule has 1 aliphatic carbocycles. The van der Waals surface area contributed by atoms with E-state index in [0.29, 0.717) is 23.8 Å². The van der Waals surface area contributed by atoms with Gasteiger partial charge in [-0.05, 0) is 44.1 Å². The van der Waals surface area contributed by atoms with Crippen LogP contribution in [-0.4, -0.2) is 25.0 Å². The lowest BCUT2D eigenvalue weighted by molar-refractivity contribution is -0.127. The van der Waals surface area contributed by atoms with Crippen molar-refractivity contribution in [2.45, 2.75) is 58.4 Å². The predicted octanol–water partition coefficient (Wildman–Crippen LogP) is 2.32. The lowest BCUT2D eigenvalue weighted by Crippen LogP contribution is -2.48. The van der Waals surface area contributed by atoms with Gasteiger partial charge >= 0.3 is 0 Å². The van der Waals surface area contributed by atoms with Crippen LogP contribution < -0.4 is 10.6 Å². The van der Waals surface area contributed by atoms with Crippen LogP contribution in [0, 0.1) is 17.8 Å². The van der Waals surface area contributed by atoms with Gasteiger partial charge in [0.1, 0.15) is 0 Å². The predicted molar refractivity (Wildman–Crippen MR) is 74.3 cm³/mol. The van der Waals surface area contributed by atoms with Gasteiger partial charge in [-0.15, -0.1) is 0 Å². The average molecular weight is 252 g/mol. The van der Waals surface area contributed by atoms with Gasteiger partial charge < -0.3 is 10.6 Å². The lowest BCUT2D eigenvalue weighted by atomic mass is 9.77. The molecule has 2 aliphatic rings. The number of carbonyl (C=O) groups excluding carboxylic acids is 1. The van der Waals surface area contributed by atoms with E-state index in [9.17, 15) is 4.79 Å². The third-order valence-corrected chi connectivity index (χ3v) is 4.67. The minimum absolute atomic E-state index is 0.202. The Morgan fingerprint density at radius 2 is 1.94 bits per heavy atom. The summed E-state index contributed by atoms with van der Waals surface area (Å²) in [6.45, 7) is 6.52. The highest BCUT2D eigenvalue weighted by Crippen LogP contribution is 2.30. The normalized spacial score (nSPS) is 33.4. The Balaban J connectivity index is 1.87. The molecule has 1 saturated carbocycles. The molecule has 104 valence electrons. The summed E-state index contributed by atoms with van der Waals surface area (Å²) >= 11 is 0. The summed E-state index contributed by atoms with van der Waals surface area (Å²) in [6, 6.07) is 0.424. The highest BCUT2D eigenvalue weighted by Gasteiger charge is 2.30. The van der Waals surface area contributed by atoms with Crippen molar-refractivity contribution in [2.75, 3.05) is 13.1 Å². The van der Waals surface area contributed by atoms with Crippen LogP contribution in [0.1, 0.15) is 52.4 Å². The Kier molecular flexibility index (Phi) is 5.04. The van der Waals surface area contributed by atoms with Crippen LogP contribution in [0.5, 0.6) is 0 Å². The van der Waals surface area contributed by atoms with Gasteiger partial charge in [-0.2, -0.15) is 0 Å². The van der Waals surface area contributed by atoms with E-state index in [2.05, 4.69) is 24.5 Å². The van der Waals surface area contributed by atoms with E-state index in [1.807, 2.05) is 0 Å². The van der Waals surface area contributed by atoms with Crippen molar-refractivity contribution in [2.24, 2.45) is 17.8 Å². The van der Waals surface area contributed by atoms with E-state index >= 15 is 0 Å². The van der Waals surface area contributed by atoms with Crippen LogP contribution in [0.25, 0.3) is 0 Å². The van der Waals surface area contributed by atoms with Crippen LogP contribution in [0.4, 0.5) is 0 Å². The third-order valence-electron chi connectivity index (χ3n) is 4.67. The van der Waals surface area contributed by atoms with Gasteiger partial charge in [0, 0.05) is 12.6 Å². The molecule has 18 heavy (non-hydrogen) atoms. The Morgan fingerprint density at radius 1 is 1.17 bits per heavy atom. The van der Waals surface area contributed by atoms with Gasteiger partial charge in [0.15, 0.2) is 0 Å². The van der Waals surface area contributed by atoms with E-state index < -0.39 is 0 Å². The van der Waals surface area contributed by atoms with Crippen LogP contribution in [0.3, 0.4) is 0 Å². The van der Waals surface area contributed by atoms with Crippen LogP contribution in [-0.2, 0) is 4.79 Å². The van der Waals surface area contributed by atoms with Crippen LogP contribution in [0.2, 0.25) is 0 Å². The Hall–Kier alpha value is -0.570. The largest absolute Gasteiger partial charge is 0.353 e. The van der Waals surface area contributed by atoms with E-state index in [1.54, 1.807) is 0 Å². The molecule has 3 nitrogen and oxygen atoms in total. The van der Waals surface area contributed by atoms with Crippen molar-refractivity contribution >= 4 is 5.91 Å². The second-order valence-corrected chi connectivity index (χ2v) is 6.35. The summed E-state index contributed by atoms with van der Waals surface area (Å²) in [4.78, 5) is 12.3. The molecule has 0 aromatic rings. The Labute approximate surface area is 111 Å². The van der Waals surface area contributed by atoms with Gasteiger partial charge in [-0.1, -0.05) is 26.7 Å². The molecule has 0 spiro atoms. The molecule has 2 fully saturated rings. The first-order valence-electron chi connectivity index (χ1n) is 7.69. The summed E-state index contributed by atoms with van der Waals surface area (Å²) in [7, 11) is 0. The molecule has 1 aliphatic heterocycles. The number of hydrogen-bond acceptors (Lipinski definition) is 2. The van der Waals surface area contributed by atoms with Crippen molar-refractivity contribution in [3.63, 3.8) is 0 Å². The molecule has 0 bridgehead atoms. The number of rotatable bonds is 3. The molecule has 1 heterocycles. The summed E-state index contributed by atoms with van der Waals surface area (Å²) in [5.74, 6) is 1.85. The van der Waals surface area contributed by atoms with E-state index in [4.69, 9.17) is 0 Å². The molecule has 1 saturated heterocycles. The van der Waals surface area contributed by atoms with E-state index in [-0.39, 0.29) is 5.92 Å². The van der Waals surface area contributed by atoms with Crippen molar-refractivity contribution in [1.29, 1.82) is 0 Å². The first-order chi connectivity index (χ1) is 8.68. The molecule has 0 aromatic carbocycles. The SMILES string of the molecule is CC(C)C1CCCCC1NC(=O)[C@H]1CCCNC1. The van der Waals surface area contributed by atoms with Crippen LogP contribution in [0.15, 0.2) is 0 Å². The van der Waals surface area contributed by atoms with Crippen molar-refractivity contribution in [1.82, 2.24) is 10.6 Å². The fourth-order valence-corrected chi connectivity index (χ4v) is 3.51. The van der Waals surface area contributed by atoms with Crippen LogP contribution >= 0.6 is 0 Å². The van der Waals surface area contributed by atoms with Gasteiger partial charge in [0.25, 0.3) is 0 Å². The van der Waals surface area contributed by atoms with Gasteiger partial charge in [0.05, 0.1) is 5.92 Å². The molecule has 2 rings (SSSR count). The summed E-state index contributed by atoms with van der Waals surface area (Å²) < 4.78 is 0. The number of amides is 1. The topological polar surface area (TPSA) is 41.1 Å². The average Bonchev–Trinajstić information content (AvgIpc) is 2.40. The van der Waals surface area contributed by atoms with Crippen molar-refractivity contribution < 1.29 is 4.79 Å². The second kappa shape index (κ2) is 6.55. The number of hydrogen-bond donors (Lipinski definition) is 2. The Bertz CT molecular complexity index is 272. The minimum Gasteiger partial charge on any atom is -0.353 e. The summed E-state index contributed by atoms with van der Waals surface area (Å²) in [5.41, 5.74) is 0. The summed E-state index contributed by atoms with van der Waals surface area (Å²) in [5, 5.41) is 6.67. The monoisotopic (exact) mass is 252 g/mol. The van der Waals surface area contributed by atoms with Crippen molar-refractivity contribution in [3.05, 3.63) is 0 Å². The zero-order valence-corrected chi connectivity index (χ0v) is 11.9. The minimum atomic E-state index is 0.202. The fraction of sp³-hybridized carbons (Fsp3) is 0.933. The third kappa shape index (κ3) is 3.47. The maximum Gasteiger partial charge on any atom is 0.224 e. The zero-order valence-electron chi connectivity index (χ0n) is 11.9. The highest BCUT2D eigenvalue weighted by molar-refractivity contribution is 5.79. The standard InChI is InChI=1S/C15H28N2O/c1-11(2)13-7-3-4-8-14(13)17-15(18)12-6-5-9-16-10-12/h11-14,16H,3-10H2,1-2H3,(H,17,18)/t12-,13?,14?/m0/s1. The molecule has 0 aromatic heterocycles. The fourth-order valence-electron chi connectivity index (χ4n) is 3.51. The van der Waals surface area contributed by atoms with Gasteiger partial charge in [-0.3, -0.25) is 4.79 Å². The molecule has 1 amide bonds. The zero-order chi connectivity index (χ0) is 13.0. The first-order valence-corrected chi connectivity index (χ1v) is 7.69. The highest BCUT2D eigenvalue weighted by atomic mass is 16.2. The maximum atomic E-state index is 12.3. The van der Waals surface area contributed by atoms with E-state index in [0.717, 1.165) is 25.9 Å². The maximum absolute atomic E-state index is 12.3. The molecular formula is C15H28N2O. The quantitative estimate of drug-likeness (QED) is 0.809. The van der Waals surface area contributed by atoms with Gasteiger partial charge in [0.2, 0.25) is 5.91 Å². The smallest absolute Gasteiger partial charge is 0.224 e. The van der Waals surface area contributed by atoms with Gasteiger partial charge in [-0.25, -0.2) is 0 Å². The lowest BCUT2D eigenvalue weighted by Gasteiger charge is -2.36. The summed E-state index contributed by atoms with van der Waals surface area (Å²) in [6.07, 6.45) is 7.26. The molecule has 3 heteroatoms.